The zero-order chi connectivity index (χ0) is 13.9. The number of piperazine rings is 1. The molecule has 0 atom stereocenters. The summed E-state index contributed by atoms with van der Waals surface area (Å²) in [6.07, 6.45) is 1.62. The van der Waals surface area contributed by atoms with Gasteiger partial charge in [-0.2, -0.15) is 0 Å². The summed E-state index contributed by atoms with van der Waals surface area (Å²) >= 11 is 0. The Bertz CT molecular complexity index is 648. The molecule has 2 aromatic rings. The van der Waals surface area contributed by atoms with E-state index in [2.05, 4.69) is 16.7 Å². The predicted molar refractivity (Wildman–Crippen MR) is 87.1 cm³/mol. The maximum absolute atomic E-state index is 12.4. The average Bonchev–Trinajstić information content (AvgIpc) is 2.51. The fourth-order valence-corrected chi connectivity index (χ4v) is 2.73. The maximum Gasteiger partial charge on any atom is 0.197 e. The predicted octanol–water partition coefficient (Wildman–Crippen LogP) is 2.35. The molecule has 3 rings (SSSR count). The number of likely N-dealkylation sites (N-methyl/N-ethyl adjacent to an activating group) is 1. The van der Waals surface area contributed by atoms with E-state index in [0.29, 0.717) is 17.5 Å². The molecule has 0 amide bonds. The van der Waals surface area contributed by atoms with Gasteiger partial charge in [-0.25, -0.2) is 0 Å². The molecule has 2 heterocycles. The molecule has 4 nitrogen and oxygen atoms in total. The summed E-state index contributed by atoms with van der Waals surface area (Å²) in [7, 11) is 0. The number of hydrogen-bond acceptors (Lipinski definition) is 4. The first-order valence-electron chi connectivity index (χ1n) is 7.22. The molecule has 1 fully saturated rings. The Labute approximate surface area is 130 Å². The van der Waals surface area contributed by atoms with Crippen molar-refractivity contribution >= 4 is 23.4 Å². The molecule has 114 valence electrons. The molecule has 5 heteroatoms. The second kappa shape index (κ2) is 7.07. The first kappa shape index (κ1) is 16.0. The van der Waals surface area contributed by atoms with Crippen molar-refractivity contribution in [2.45, 2.75) is 13.5 Å². The molecule has 1 aliphatic heterocycles. The van der Waals surface area contributed by atoms with Crippen molar-refractivity contribution in [3.63, 3.8) is 0 Å². The first-order chi connectivity index (χ1) is 9.78. The SMILES string of the molecule is CCN1CCN(Cc2coc3ccccc3c2=O)CC1.Cl. The third kappa shape index (κ3) is 3.46. The molecule has 0 saturated carbocycles. The second-order valence-corrected chi connectivity index (χ2v) is 5.30. The summed E-state index contributed by atoms with van der Waals surface area (Å²) < 4.78 is 5.57. The monoisotopic (exact) mass is 308 g/mol. The lowest BCUT2D eigenvalue weighted by Gasteiger charge is -2.33. The minimum atomic E-state index is 0. The highest BCUT2D eigenvalue weighted by atomic mass is 35.5. The first-order valence-corrected chi connectivity index (χ1v) is 7.22. The third-order valence-electron chi connectivity index (χ3n) is 4.06. The molecule has 0 spiro atoms. The standard InChI is InChI=1S/C16H20N2O2.ClH/c1-2-17-7-9-18(10-8-17)11-13-12-20-15-6-4-3-5-14(15)16(13)19;/h3-6,12H,2,7-11H2,1H3;1H. The smallest absolute Gasteiger partial charge is 0.197 e. The van der Waals surface area contributed by atoms with E-state index in [1.165, 1.54) is 0 Å². The minimum Gasteiger partial charge on any atom is -0.464 e. The largest absolute Gasteiger partial charge is 0.464 e. The van der Waals surface area contributed by atoms with Crippen LogP contribution in [0.1, 0.15) is 12.5 Å². The van der Waals surface area contributed by atoms with Crippen LogP contribution in [0.5, 0.6) is 0 Å². The van der Waals surface area contributed by atoms with Gasteiger partial charge in [-0.3, -0.25) is 9.69 Å². The number of para-hydroxylation sites is 1. The van der Waals surface area contributed by atoms with Crippen LogP contribution in [0, 0.1) is 0 Å². The van der Waals surface area contributed by atoms with Gasteiger partial charge in [0.15, 0.2) is 5.43 Å². The molecule has 0 N–H and O–H groups in total. The number of nitrogens with zero attached hydrogens (tertiary/aromatic N) is 2. The van der Waals surface area contributed by atoms with E-state index in [4.69, 9.17) is 4.42 Å². The summed E-state index contributed by atoms with van der Waals surface area (Å²) in [5, 5.41) is 0.678. The summed E-state index contributed by atoms with van der Waals surface area (Å²) in [6, 6.07) is 7.43. The van der Waals surface area contributed by atoms with Gasteiger partial charge in [0.2, 0.25) is 0 Å². The molecule has 1 aromatic carbocycles. The minimum absolute atomic E-state index is 0. The van der Waals surface area contributed by atoms with Crippen LogP contribution >= 0.6 is 12.4 Å². The molecule has 0 bridgehead atoms. The maximum atomic E-state index is 12.4. The van der Waals surface area contributed by atoms with Gasteiger partial charge in [0, 0.05) is 38.3 Å². The van der Waals surface area contributed by atoms with E-state index in [1.54, 1.807) is 6.26 Å². The Morgan fingerprint density at radius 1 is 1.10 bits per heavy atom. The van der Waals surface area contributed by atoms with Crippen LogP contribution in [-0.4, -0.2) is 42.5 Å². The van der Waals surface area contributed by atoms with Crippen molar-refractivity contribution in [1.29, 1.82) is 0 Å². The highest BCUT2D eigenvalue weighted by molar-refractivity contribution is 5.85. The zero-order valence-corrected chi connectivity index (χ0v) is 13.1. The molecular weight excluding hydrogens is 288 g/mol. The summed E-state index contributed by atoms with van der Waals surface area (Å²) in [4.78, 5) is 17.2. The van der Waals surface area contributed by atoms with Gasteiger partial charge in [-0.05, 0) is 18.7 Å². The lowest BCUT2D eigenvalue weighted by atomic mass is 10.1. The fourth-order valence-electron chi connectivity index (χ4n) is 2.73. The van der Waals surface area contributed by atoms with Crippen molar-refractivity contribution in [2.24, 2.45) is 0 Å². The van der Waals surface area contributed by atoms with E-state index in [9.17, 15) is 4.79 Å². The highest BCUT2D eigenvalue weighted by Crippen LogP contribution is 2.12. The van der Waals surface area contributed by atoms with E-state index in [-0.39, 0.29) is 17.8 Å². The van der Waals surface area contributed by atoms with Crippen molar-refractivity contribution in [1.82, 2.24) is 9.80 Å². The van der Waals surface area contributed by atoms with Crippen molar-refractivity contribution in [3.8, 4) is 0 Å². The molecule has 1 aliphatic rings. The number of fused-ring (bicyclic) bond motifs is 1. The Hall–Kier alpha value is -1.36. The van der Waals surface area contributed by atoms with Crippen LogP contribution < -0.4 is 5.43 Å². The second-order valence-electron chi connectivity index (χ2n) is 5.30. The van der Waals surface area contributed by atoms with E-state index in [1.807, 2.05) is 24.3 Å². The van der Waals surface area contributed by atoms with Gasteiger partial charge in [0.1, 0.15) is 5.58 Å². The normalized spacial score (nSPS) is 16.8. The highest BCUT2D eigenvalue weighted by Gasteiger charge is 2.17. The zero-order valence-electron chi connectivity index (χ0n) is 12.2. The number of rotatable bonds is 3. The quantitative estimate of drug-likeness (QED) is 0.872. The third-order valence-corrected chi connectivity index (χ3v) is 4.06. The van der Waals surface area contributed by atoms with Crippen LogP contribution in [0.3, 0.4) is 0 Å². The van der Waals surface area contributed by atoms with Crippen molar-refractivity contribution in [2.75, 3.05) is 32.7 Å². The van der Waals surface area contributed by atoms with E-state index in [0.717, 1.165) is 38.3 Å². The summed E-state index contributed by atoms with van der Waals surface area (Å²) in [6.45, 7) is 8.16. The van der Waals surface area contributed by atoms with Crippen LogP contribution in [0.4, 0.5) is 0 Å². The average molecular weight is 309 g/mol. The topological polar surface area (TPSA) is 36.7 Å². The van der Waals surface area contributed by atoms with Crippen molar-refractivity contribution in [3.05, 3.63) is 46.3 Å². The number of hydrogen-bond donors (Lipinski definition) is 0. The van der Waals surface area contributed by atoms with Crippen LogP contribution in [0.15, 0.2) is 39.7 Å². The van der Waals surface area contributed by atoms with Crippen LogP contribution in [0.2, 0.25) is 0 Å². The molecular formula is C16H21ClN2O2. The van der Waals surface area contributed by atoms with Gasteiger partial charge in [-0.1, -0.05) is 19.1 Å². The molecule has 0 unspecified atom stereocenters. The molecule has 1 saturated heterocycles. The number of benzene rings is 1. The molecule has 0 aliphatic carbocycles. The van der Waals surface area contributed by atoms with Crippen LogP contribution in [-0.2, 0) is 6.54 Å². The Morgan fingerprint density at radius 3 is 2.48 bits per heavy atom. The Balaban J connectivity index is 0.00000161. The van der Waals surface area contributed by atoms with Crippen molar-refractivity contribution < 1.29 is 4.42 Å². The molecule has 0 radical (unpaired) electrons. The fraction of sp³-hybridized carbons (Fsp3) is 0.438. The van der Waals surface area contributed by atoms with Gasteiger partial charge in [-0.15, -0.1) is 12.4 Å². The van der Waals surface area contributed by atoms with Crippen LogP contribution in [0.25, 0.3) is 11.0 Å². The number of halogens is 1. The van der Waals surface area contributed by atoms with Gasteiger partial charge in [0.05, 0.1) is 11.6 Å². The van der Waals surface area contributed by atoms with Gasteiger partial charge in [0.25, 0.3) is 0 Å². The lowest BCUT2D eigenvalue weighted by molar-refractivity contribution is 0.131. The van der Waals surface area contributed by atoms with E-state index >= 15 is 0 Å². The molecule has 1 aromatic heterocycles. The summed E-state index contributed by atoms with van der Waals surface area (Å²) in [5.41, 5.74) is 1.52. The van der Waals surface area contributed by atoms with Gasteiger partial charge >= 0.3 is 0 Å². The van der Waals surface area contributed by atoms with Gasteiger partial charge < -0.3 is 9.32 Å². The molecule has 21 heavy (non-hydrogen) atoms. The Morgan fingerprint density at radius 2 is 1.76 bits per heavy atom. The van der Waals surface area contributed by atoms with E-state index < -0.39 is 0 Å². The lowest BCUT2D eigenvalue weighted by Crippen LogP contribution is -2.46. The Kier molecular flexibility index (Phi) is 5.39. The summed E-state index contributed by atoms with van der Waals surface area (Å²) in [5.74, 6) is 0.